The van der Waals surface area contributed by atoms with Crippen molar-refractivity contribution in [2.24, 2.45) is 5.92 Å². The van der Waals surface area contributed by atoms with Crippen LogP contribution < -0.4 is 10.6 Å². The van der Waals surface area contributed by atoms with E-state index in [0.29, 0.717) is 5.69 Å². The highest BCUT2D eigenvalue weighted by molar-refractivity contribution is 5.92. The molecule has 1 aromatic rings. The van der Waals surface area contributed by atoms with Crippen molar-refractivity contribution in [1.82, 2.24) is 5.32 Å². The van der Waals surface area contributed by atoms with Crippen LogP contribution in [0.5, 0.6) is 0 Å². The van der Waals surface area contributed by atoms with Gasteiger partial charge in [0.25, 0.3) is 0 Å². The number of anilines is 1. The van der Waals surface area contributed by atoms with Crippen LogP contribution in [0.1, 0.15) is 31.4 Å². The Morgan fingerprint density at radius 2 is 1.90 bits per heavy atom. The van der Waals surface area contributed by atoms with Gasteiger partial charge in [-0.25, -0.2) is 9.59 Å². The first-order valence-corrected chi connectivity index (χ1v) is 7.11. The molecule has 0 aliphatic rings. The zero-order valence-corrected chi connectivity index (χ0v) is 13.3. The summed E-state index contributed by atoms with van der Waals surface area (Å²) in [6.07, 6.45) is 0.768. The second-order valence-electron chi connectivity index (χ2n) is 5.28. The van der Waals surface area contributed by atoms with E-state index in [1.54, 1.807) is 0 Å². The summed E-state index contributed by atoms with van der Waals surface area (Å²) in [4.78, 5) is 23.8. The number of nitrogens with one attached hydrogen (secondary N) is 2. The first-order chi connectivity index (χ1) is 9.88. The van der Waals surface area contributed by atoms with E-state index in [4.69, 9.17) is 4.74 Å². The van der Waals surface area contributed by atoms with Gasteiger partial charge in [0.15, 0.2) is 0 Å². The van der Waals surface area contributed by atoms with Gasteiger partial charge in [-0.1, -0.05) is 26.3 Å². The summed E-state index contributed by atoms with van der Waals surface area (Å²) in [5.41, 5.74) is 2.95. The van der Waals surface area contributed by atoms with Crippen molar-refractivity contribution in [3.05, 3.63) is 29.3 Å². The lowest BCUT2D eigenvalue weighted by molar-refractivity contribution is -0.144. The molecule has 1 aromatic carbocycles. The third kappa shape index (κ3) is 4.77. The lowest BCUT2D eigenvalue weighted by Crippen LogP contribution is -2.47. The third-order valence-electron chi connectivity index (χ3n) is 3.72. The molecule has 0 aliphatic carbocycles. The van der Waals surface area contributed by atoms with E-state index >= 15 is 0 Å². The number of hydrogen-bond acceptors (Lipinski definition) is 3. The first kappa shape index (κ1) is 17.0. The zero-order valence-electron chi connectivity index (χ0n) is 13.3. The van der Waals surface area contributed by atoms with Crippen molar-refractivity contribution in [3.63, 3.8) is 0 Å². The zero-order chi connectivity index (χ0) is 16.0. The summed E-state index contributed by atoms with van der Waals surface area (Å²) in [6, 6.07) is 4.61. The van der Waals surface area contributed by atoms with Crippen LogP contribution in [0.4, 0.5) is 10.5 Å². The number of rotatable bonds is 5. The molecular formula is C16H24N2O3. The van der Waals surface area contributed by atoms with Gasteiger partial charge in [-0.15, -0.1) is 0 Å². The van der Waals surface area contributed by atoms with Crippen LogP contribution in [0.15, 0.2) is 18.2 Å². The number of hydrogen-bond donors (Lipinski definition) is 2. The summed E-state index contributed by atoms with van der Waals surface area (Å²) >= 11 is 0. The molecule has 0 radical (unpaired) electrons. The van der Waals surface area contributed by atoms with E-state index in [-0.39, 0.29) is 5.92 Å². The van der Waals surface area contributed by atoms with Crippen molar-refractivity contribution >= 4 is 17.7 Å². The molecule has 0 unspecified atom stereocenters. The van der Waals surface area contributed by atoms with Crippen LogP contribution in [-0.4, -0.2) is 25.2 Å². The normalized spacial score (nSPS) is 13.2. The van der Waals surface area contributed by atoms with Gasteiger partial charge in [0.05, 0.1) is 7.11 Å². The molecule has 0 saturated heterocycles. The van der Waals surface area contributed by atoms with Gasteiger partial charge >= 0.3 is 12.0 Å². The lowest BCUT2D eigenvalue weighted by Gasteiger charge is -2.22. The molecule has 2 amide bonds. The number of urea groups is 1. The number of ether oxygens (including phenoxy) is 1. The summed E-state index contributed by atoms with van der Waals surface area (Å²) in [5, 5.41) is 5.42. The quantitative estimate of drug-likeness (QED) is 0.820. The van der Waals surface area contributed by atoms with Gasteiger partial charge in [0.1, 0.15) is 6.04 Å². The lowest BCUT2D eigenvalue weighted by atomic mass is 9.99. The average molecular weight is 292 g/mol. The van der Waals surface area contributed by atoms with Crippen LogP contribution in [0.3, 0.4) is 0 Å². The van der Waals surface area contributed by atoms with Crippen molar-refractivity contribution in [2.45, 2.75) is 40.2 Å². The molecule has 0 saturated carbocycles. The number of esters is 1. The molecule has 0 aromatic heterocycles. The number of aryl methyl sites for hydroxylation is 2. The molecule has 0 aliphatic heterocycles. The predicted octanol–water partition coefficient (Wildman–Crippen LogP) is 3.01. The van der Waals surface area contributed by atoms with Crippen LogP contribution in [-0.2, 0) is 9.53 Å². The van der Waals surface area contributed by atoms with Crippen molar-refractivity contribution < 1.29 is 14.3 Å². The van der Waals surface area contributed by atoms with Crippen molar-refractivity contribution in [1.29, 1.82) is 0 Å². The smallest absolute Gasteiger partial charge is 0.328 e. The predicted molar refractivity (Wildman–Crippen MR) is 83.3 cm³/mol. The molecule has 5 heteroatoms. The third-order valence-corrected chi connectivity index (χ3v) is 3.72. The van der Waals surface area contributed by atoms with Gasteiger partial charge < -0.3 is 15.4 Å². The Labute approximate surface area is 126 Å². The monoisotopic (exact) mass is 292 g/mol. The molecule has 21 heavy (non-hydrogen) atoms. The van der Waals surface area contributed by atoms with Gasteiger partial charge in [0, 0.05) is 5.69 Å². The fourth-order valence-electron chi connectivity index (χ4n) is 1.92. The number of benzene rings is 1. The van der Waals surface area contributed by atoms with E-state index in [1.165, 1.54) is 7.11 Å². The van der Waals surface area contributed by atoms with Crippen LogP contribution in [0.25, 0.3) is 0 Å². The Kier molecular flexibility index (Phi) is 6.21. The molecule has 0 spiro atoms. The minimum absolute atomic E-state index is 0.00274. The van der Waals surface area contributed by atoms with Gasteiger partial charge in [-0.3, -0.25) is 0 Å². The second-order valence-corrected chi connectivity index (χ2v) is 5.28. The Balaban J connectivity index is 2.73. The Morgan fingerprint density at radius 3 is 2.43 bits per heavy atom. The Hall–Kier alpha value is -2.04. The van der Waals surface area contributed by atoms with E-state index in [2.05, 4.69) is 10.6 Å². The Bertz CT molecular complexity index is 514. The summed E-state index contributed by atoms with van der Waals surface area (Å²) in [6.45, 7) is 7.85. The molecule has 2 atom stereocenters. The maximum Gasteiger partial charge on any atom is 0.328 e. The SMILES string of the molecule is CC[C@@H](C)[C@H](NC(=O)Nc1ccc(C)c(C)c1)C(=O)OC. The van der Waals surface area contributed by atoms with Crippen LogP contribution in [0.2, 0.25) is 0 Å². The van der Waals surface area contributed by atoms with Crippen molar-refractivity contribution in [3.8, 4) is 0 Å². The van der Waals surface area contributed by atoms with Crippen molar-refractivity contribution in [2.75, 3.05) is 12.4 Å². The van der Waals surface area contributed by atoms with Gasteiger partial charge in [0.2, 0.25) is 0 Å². The summed E-state index contributed by atoms with van der Waals surface area (Å²) in [7, 11) is 1.32. The maximum atomic E-state index is 12.0. The Morgan fingerprint density at radius 1 is 1.24 bits per heavy atom. The maximum absolute atomic E-state index is 12.0. The average Bonchev–Trinajstić information content (AvgIpc) is 2.47. The standard InChI is InChI=1S/C16H24N2O3/c1-6-10(2)14(15(19)21-5)18-16(20)17-13-8-7-11(3)12(4)9-13/h7-10,14H,6H2,1-5H3,(H2,17,18,20)/t10-,14+/m1/s1. The number of carbonyl (C=O) groups is 2. The molecular weight excluding hydrogens is 268 g/mol. The van der Waals surface area contributed by atoms with E-state index in [0.717, 1.165) is 17.5 Å². The van der Waals surface area contributed by atoms with Gasteiger partial charge in [-0.2, -0.15) is 0 Å². The highest BCUT2D eigenvalue weighted by Crippen LogP contribution is 2.14. The first-order valence-electron chi connectivity index (χ1n) is 7.11. The molecule has 1 rings (SSSR count). The highest BCUT2D eigenvalue weighted by atomic mass is 16.5. The number of amides is 2. The molecule has 0 bridgehead atoms. The minimum atomic E-state index is -0.647. The molecule has 2 N–H and O–H groups in total. The largest absolute Gasteiger partial charge is 0.467 e. The number of carbonyl (C=O) groups excluding carboxylic acids is 2. The molecule has 5 nitrogen and oxygen atoms in total. The summed E-state index contributed by atoms with van der Waals surface area (Å²) < 4.78 is 4.74. The number of methoxy groups -OCH3 is 1. The minimum Gasteiger partial charge on any atom is -0.467 e. The summed E-state index contributed by atoms with van der Waals surface area (Å²) in [5.74, 6) is -0.428. The van der Waals surface area contributed by atoms with E-state index in [1.807, 2.05) is 45.9 Å². The molecule has 0 fully saturated rings. The van der Waals surface area contributed by atoms with E-state index in [9.17, 15) is 9.59 Å². The second kappa shape index (κ2) is 7.67. The van der Waals surface area contributed by atoms with E-state index < -0.39 is 18.0 Å². The van der Waals surface area contributed by atoms with Crippen LogP contribution >= 0.6 is 0 Å². The fraction of sp³-hybridized carbons (Fsp3) is 0.500. The van der Waals surface area contributed by atoms with Gasteiger partial charge in [-0.05, 0) is 43.0 Å². The molecule has 116 valence electrons. The van der Waals surface area contributed by atoms with Crippen LogP contribution in [0, 0.1) is 19.8 Å². The highest BCUT2D eigenvalue weighted by Gasteiger charge is 2.26. The topological polar surface area (TPSA) is 67.4 Å². The fourth-order valence-corrected chi connectivity index (χ4v) is 1.92. The molecule has 0 heterocycles.